The quantitative estimate of drug-likeness (QED) is 0.708. The first-order valence-electron chi connectivity index (χ1n) is 7.29. The number of nitrogens with two attached hydrogens (primary N) is 2. The van der Waals surface area contributed by atoms with Gasteiger partial charge in [-0.3, -0.25) is 4.79 Å². The van der Waals surface area contributed by atoms with Gasteiger partial charge in [-0.2, -0.15) is 0 Å². The van der Waals surface area contributed by atoms with E-state index >= 15 is 0 Å². The molecule has 0 radical (unpaired) electrons. The van der Waals surface area contributed by atoms with Gasteiger partial charge >= 0.3 is 0 Å². The van der Waals surface area contributed by atoms with Crippen molar-refractivity contribution in [1.29, 1.82) is 0 Å². The topological polar surface area (TPSA) is 104 Å². The fourth-order valence-electron chi connectivity index (χ4n) is 2.46. The van der Waals surface area contributed by atoms with E-state index in [4.69, 9.17) is 16.2 Å². The van der Waals surface area contributed by atoms with Crippen LogP contribution in [0.15, 0.2) is 30.3 Å². The number of halogens is 1. The molecule has 0 spiro atoms. The lowest BCUT2D eigenvalue weighted by atomic mass is 10.1. The first kappa shape index (κ1) is 14.8. The van der Waals surface area contributed by atoms with Gasteiger partial charge in [-0.15, -0.1) is 0 Å². The summed E-state index contributed by atoms with van der Waals surface area (Å²) in [7, 11) is 0. The van der Waals surface area contributed by atoms with Crippen LogP contribution in [0, 0.1) is 5.82 Å². The number of hydrogen-bond acceptors (Lipinski definition) is 6. The van der Waals surface area contributed by atoms with Crippen molar-refractivity contribution in [1.82, 2.24) is 9.97 Å². The van der Waals surface area contributed by atoms with Crippen molar-refractivity contribution in [2.75, 3.05) is 5.73 Å². The van der Waals surface area contributed by atoms with E-state index in [0.29, 0.717) is 27.0 Å². The number of nitrogens with zero attached hydrogens (tertiary/aromatic N) is 2. The Morgan fingerprint density at radius 1 is 1.25 bits per heavy atom. The molecule has 1 saturated carbocycles. The molecule has 8 heteroatoms. The summed E-state index contributed by atoms with van der Waals surface area (Å²) in [6.45, 7) is 0. The van der Waals surface area contributed by atoms with Crippen molar-refractivity contribution in [3.63, 3.8) is 0 Å². The first-order valence-corrected chi connectivity index (χ1v) is 8.10. The van der Waals surface area contributed by atoms with Crippen LogP contribution in [-0.4, -0.2) is 15.9 Å². The normalized spacial score (nSPS) is 15.4. The number of aromatic nitrogens is 2. The molecular weight excluding hydrogens is 331 g/mol. The monoisotopic (exact) mass is 344 g/mol. The molecule has 1 aromatic carbocycles. The zero-order valence-electron chi connectivity index (χ0n) is 12.5. The number of carbonyl (C=O) groups excluding carboxylic acids is 1. The summed E-state index contributed by atoms with van der Waals surface area (Å²) in [6.07, 6.45) is 1.45. The predicted molar refractivity (Wildman–Crippen MR) is 88.4 cm³/mol. The van der Waals surface area contributed by atoms with Gasteiger partial charge < -0.3 is 16.2 Å². The van der Waals surface area contributed by atoms with Crippen molar-refractivity contribution in [2.45, 2.75) is 18.3 Å². The molecule has 2 aromatic heterocycles. The largest absolute Gasteiger partial charge is 0.439 e. The maximum Gasteiger partial charge on any atom is 0.230 e. The smallest absolute Gasteiger partial charge is 0.230 e. The summed E-state index contributed by atoms with van der Waals surface area (Å²) >= 11 is 1.34. The zero-order chi connectivity index (χ0) is 16.9. The maximum absolute atomic E-state index is 13.2. The third-order valence-electron chi connectivity index (χ3n) is 4.05. The van der Waals surface area contributed by atoms with Gasteiger partial charge in [0.1, 0.15) is 32.3 Å². The Bertz CT molecular complexity index is 968. The van der Waals surface area contributed by atoms with Gasteiger partial charge in [0.25, 0.3) is 0 Å². The van der Waals surface area contributed by atoms with Crippen LogP contribution in [0.4, 0.5) is 10.1 Å². The molecule has 1 aliphatic carbocycles. The highest BCUT2D eigenvalue weighted by Crippen LogP contribution is 2.50. The molecule has 4 N–H and O–H groups in total. The van der Waals surface area contributed by atoms with Crippen LogP contribution in [0.3, 0.4) is 0 Å². The van der Waals surface area contributed by atoms with E-state index in [1.165, 1.54) is 29.5 Å². The molecular formula is C16H13FN4O2S. The fourth-order valence-corrected chi connectivity index (χ4v) is 3.64. The molecule has 6 nitrogen and oxygen atoms in total. The summed E-state index contributed by atoms with van der Waals surface area (Å²) in [5.41, 5.74) is 11.1. The number of ether oxygens (including phenoxy) is 1. The molecule has 0 unspecified atom stereocenters. The van der Waals surface area contributed by atoms with Gasteiger partial charge in [0.2, 0.25) is 11.8 Å². The first-order chi connectivity index (χ1) is 11.5. The summed E-state index contributed by atoms with van der Waals surface area (Å²) in [6, 6.07) is 7.53. The molecule has 4 rings (SSSR count). The number of thiazole rings is 1. The van der Waals surface area contributed by atoms with Crippen molar-refractivity contribution in [3.8, 4) is 11.6 Å². The second kappa shape index (κ2) is 5.13. The Morgan fingerprint density at radius 2 is 2.04 bits per heavy atom. The van der Waals surface area contributed by atoms with E-state index in [1.807, 2.05) is 0 Å². The van der Waals surface area contributed by atoms with Gasteiger partial charge in [0.15, 0.2) is 0 Å². The van der Waals surface area contributed by atoms with E-state index in [-0.39, 0.29) is 11.6 Å². The molecule has 1 amide bonds. The van der Waals surface area contributed by atoms with Crippen molar-refractivity contribution < 1.29 is 13.9 Å². The number of anilines is 1. The van der Waals surface area contributed by atoms with Crippen molar-refractivity contribution in [2.24, 2.45) is 5.73 Å². The number of nitrogen functional groups attached to an aromatic ring is 1. The van der Waals surface area contributed by atoms with Gasteiger partial charge in [-0.25, -0.2) is 14.4 Å². The van der Waals surface area contributed by atoms with Gasteiger partial charge in [-0.1, -0.05) is 11.3 Å². The Hall–Kier alpha value is -2.74. The van der Waals surface area contributed by atoms with E-state index in [2.05, 4.69) is 9.97 Å². The Morgan fingerprint density at radius 3 is 2.71 bits per heavy atom. The number of pyridine rings is 1. The number of benzene rings is 1. The Labute approximate surface area is 140 Å². The lowest BCUT2D eigenvalue weighted by Gasteiger charge is -2.05. The van der Waals surface area contributed by atoms with Gasteiger partial charge in [-0.05, 0) is 31.0 Å². The molecule has 0 atom stereocenters. The summed E-state index contributed by atoms with van der Waals surface area (Å²) < 4.78 is 18.8. The maximum atomic E-state index is 13.2. The number of fused-ring (bicyclic) bond motifs is 1. The van der Waals surface area contributed by atoms with Crippen molar-refractivity contribution in [3.05, 3.63) is 41.2 Å². The van der Waals surface area contributed by atoms with E-state index < -0.39 is 11.2 Å². The molecule has 1 fully saturated rings. The minimum absolute atomic E-state index is 0.00536. The molecule has 0 aliphatic heterocycles. The molecule has 122 valence electrons. The molecule has 2 heterocycles. The fraction of sp³-hybridized carbons (Fsp3) is 0.188. The van der Waals surface area contributed by atoms with Crippen molar-refractivity contribution >= 4 is 33.3 Å². The average Bonchev–Trinajstić information content (AvgIpc) is 3.25. The number of amides is 1. The van der Waals surface area contributed by atoms with Crippen LogP contribution in [-0.2, 0) is 10.2 Å². The number of carbonyl (C=O) groups is 1. The Kier molecular flexibility index (Phi) is 3.17. The minimum Gasteiger partial charge on any atom is -0.439 e. The highest BCUT2D eigenvalue weighted by Gasteiger charge is 2.52. The van der Waals surface area contributed by atoms with E-state index in [0.717, 1.165) is 12.8 Å². The standard InChI is InChI=1S/C16H13FN4O2S/c17-9-2-1-8(7-10(9)18)23-12-4-3-11-13(21-12)24-15(20-11)16(5-6-16)14(19)22/h1-4,7H,5-6,18H2,(H2,19,22). The van der Waals surface area contributed by atoms with Crippen LogP contribution >= 0.6 is 11.3 Å². The van der Waals surface area contributed by atoms with Gasteiger partial charge in [0, 0.05) is 12.1 Å². The lowest BCUT2D eigenvalue weighted by Crippen LogP contribution is -2.28. The van der Waals surface area contributed by atoms with Crippen LogP contribution in [0.2, 0.25) is 0 Å². The number of primary amides is 1. The second-order valence-electron chi connectivity index (χ2n) is 5.72. The molecule has 24 heavy (non-hydrogen) atoms. The second-order valence-corrected chi connectivity index (χ2v) is 6.70. The molecule has 0 saturated heterocycles. The molecule has 3 aromatic rings. The average molecular weight is 344 g/mol. The lowest BCUT2D eigenvalue weighted by molar-refractivity contribution is -0.120. The van der Waals surface area contributed by atoms with Crippen LogP contribution in [0.5, 0.6) is 11.6 Å². The van der Waals surface area contributed by atoms with Crippen LogP contribution in [0.1, 0.15) is 17.8 Å². The number of hydrogen-bond donors (Lipinski definition) is 2. The molecule has 0 bridgehead atoms. The third-order valence-corrected chi connectivity index (χ3v) is 5.22. The Balaban J connectivity index is 1.66. The summed E-state index contributed by atoms with van der Waals surface area (Å²) in [4.78, 5) is 21.2. The summed E-state index contributed by atoms with van der Waals surface area (Å²) in [5.74, 6) is -0.118. The highest BCUT2D eigenvalue weighted by molar-refractivity contribution is 7.18. The molecule has 1 aliphatic rings. The van der Waals surface area contributed by atoms with Crippen LogP contribution < -0.4 is 16.2 Å². The zero-order valence-corrected chi connectivity index (χ0v) is 13.3. The highest BCUT2D eigenvalue weighted by atomic mass is 32.1. The number of rotatable bonds is 4. The SMILES string of the molecule is NC(=O)C1(c2nc3ccc(Oc4ccc(F)c(N)c4)nc3s2)CC1. The minimum atomic E-state index is -0.627. The third kappa shape index (κ3) is 2.35. The van der Waals surface area contributed by atoms with Crippen LogP contribution in [0.25, 0.3) is 10.3 Å². The predicted octanol–water partition coefficient (Wildman–Crippen LogP) is 2.72. The summed E-state index contributed by atoms with van der Waals surface area (Å²) in [5, 5.41) is 0.695. The van der Waals surface area contributed by atoms with Gasteiger partial charge in [0.05, 0.1) is 5.69 Å². The van der Waals surface area contributed by atoms with E-state index in [9.17, 15) is 9.18 Å². The van der Waals surface area contributed by atoms with E-state index in [1.54, 1.807) is 12.1 Å².